The molecule has 0 aliphatic carbocycles. The van der Waals surface area contributed by atoms with Crippen LogP contribution in [0.3, 0.4) is 0 Å². The van der Waals surface area contributed by atoms with Crippen molar-refractivity contribution in [2.24, 2.45) is 0 Å². The van der Waals surface area contributed by atoms with Crippen LogP contribution in [0, 0.1) is 6.92 Å². The lowest BCUT2D eigenvalue weighted by molar-refractivity contribution is 0.0655. The minimum atomic E-state index is -0.199. The molecule has 28 heavy (non-hydrogen) atoms. The zero-order chi connectivity index (χ0) is 19.7. The van der Waals surface area contributed by atoms with Crippen molar-refractivity contribution in [2.45, 2.75) is 18.4 Å². The molecule has 0 spiro atoms. The Balaban J connectivity index is 1.41. The highest BCUT2D eigenvalue weighted by molar-refractivity contribution is 7.99. The molecule has 5 nitrogen and oxygen atoms in total. The van der Waals surface area contributed by atoms with Crippen LogP contribution in [0.1, 0.15) is 32.7 Å². The summed E-state index contributed by atoms with van der Waals surface area (Å²) in [5.41, 5.74) is 3.00. The van der Waals surface area contributed by atoms with Gasteiger partial charge in [-0.1, -0.05) is 24.3 Å². The van der Waals surface area contributed by atoms with Crippen molar-refractivity contribution in [2.75, 3.05) is 19.4 Å². The SMILES string of the molecule is COc1cccc2c(C)cc(SCCCN3C(=O)c4ccccc4C3=O)nc12. The third-order valence-corrected chi connectivity index (χ3v) is 5.86. The van der Waals surface area contributed by atoms with Crippen LogP contribution in [-0.2, 0) is 0 Å². The summed E-state index contributed by atoms with van der Waals surface area (Å²) < 4.78 is 5.43. The maximum Gasteiger partial charge on any atom is 0.261 e. The summed E-state index contributed by atoms with van der Waals surface area (Å²) in [6.07, 6.45) is 0.709. The van der Waals surface area contributed by atoms with E-state index in [9.17, 15) is 9.59 Å². The Kier molecular flexibility index (Phi) is 5.05. The molecule has 142 valence electrons. The molecule has 0 fully saturated rings. The van der Waals surface area contributed by atoms with Crippen molar-refractivity contribution in [1.82, 2.24) is 9.88 Å². The third kappa shape index (κ3) is 3.24. The van der Waals surface area contributed by atoms with Crippen LogP contribution in [0.15, 0.2) is 53.6 Å². The molecule has 4 rings (SSSR count). The molecule has 0 bridgehead atoms. The maximum atomic E-state index is 12.4. The first kappa shape index (κ1) is 18.5. The van der Waals surface area contributed by atoms with Crippen molar-refractivity contribution in [3.05, 3.63) is 65.2 Å². The molecular weight excluding hydrogens is 372 g/mol. The number of rotatable bonds is 6. The number of carbonyl (C=O) groups is 2. The van der Waals surface area contributed by atoms with E-state index in [1.165, 1.54) is 4.90 Å². The largest absolute Gasteiger partial charge is 0.494 e. The van der Waals surface area contributed by atoms with Crippen molar-refractivity contribution in [3.8, 4) is 5.75 Å². The molecule has 0 N–H and O–H groups in total. The summed E-state index contributed by atoms with van der Waals surface area (Å²) in [4.78, 5) is 30.9. The summed E-state index contributed by atoms with van der Waals surface area (Å²) in [6, 6.07) is 15.0. The van der Waals surface area contributed by atoms with Gasteiger partial charge in [0.1, 0.15) is 11.3 Å². The van der Waals surface area contributed by atoms with E-state index in [0.717, 1.165) is 33.0 Å². The minimum Gasteiger partial charge on any atom is -0.494 e. The second kappa shape index (κ2) is 7.64. The Morgan fingerprint density at radius 3 is 2.43 bits per heavy atom. The van der Waals surface area contributed by atoms with Crippen LogP contribution in [0.5, 0.6) is 5.75 Å². The lowest BCUT2D eigenvalue weighted by atomic mass is 10.1. The van der Waals surface area contributed by atoms with Gasteiger partial charge in [0, 0.05) is 17.7 Å². The molecular formula is C22H20N2O3S. The number of hydrogen-bond donors (Lipinski definition) is 0. The van der Waals surface area contributed by atoms with E-state index < -0.39 is 0 Å². The lowest BCUT2D eigenvalue weighted by Gasteiger charge is -2.13. The highest BCUT2D eigenvalue weighted by atomic mass is 32.2. The van der Waals surface area contributed by atoms with Gasteiger partial charge in [-0.3, -0.25) is 14.5 Å². The van der Waals surface area contributed by atoms with Crippen LogP contribution in [0.25, 0.3) is 10.9 Å². The number of aryl methyl sites for hydroxylation is 1. The number of fused-ring (bicyclic) bond motifs is 2. The number of thioether (sulfide) groups is 1. The van der Waals surface area contributed by atoms with Gasteiger partial charge in [0.05, 0.1) is 23.3 Å². The topological polar surface area (TPSA) is 59.5 Å². The molecule has 2 aromatic carbocycles. The number of imide groups is 1. The molecule has 1 aliphatic heterocycles. The van der Waals surface area contributed by atoms with Crippen LogP contribution in [0.2, 0.25) is 0 Å². The fraction of sp³-hybridized carbons (Fsp3) is 0.227. The van der Waals surface area contributed by atoms with Gasteiger partial charge in [-0.25, -0.2) is 4.98 Å². The third-order valence-electron chi connectivity index (χ3n) is 4.86. The Morgan fingerprint density at radius 2 is 1.75 bits per heavy atom. The predicted octanol–water partition coefficient (Wildman–Crippen LogP) is 4.33. The monoisotopic (exact) mass is 392 g/mol. The second-order valence-electron chi connectivity index (χ2n) is 6.64. The second-order valence-corrected chi connectivity index (χ2v) is 7.76. The molecule has 6 heteroatoms. The fourth-order valence-electron chi connectivity index (χ4n) is 3.44. The number of ether oxygens (including phenoxy) is 1. The number of para-hydroxylation sites is 1. The van der Waals surface area contributed by atoms with Gasteiger partial charge in [0.15, 0.2) is 0 Å². The normalized spacial score (nSPS) is 13.3. The van der Waals surface area contributed by atoms with E-state index in [0.29, 0.717) is 24.1 Å². The number of nitrogens with zero attached hydrogens (tertiary/aromatic N) is 2. The molecule has 1 aliphatic rings. The number of benzene rings is 2. The minimum absolute atomic E-state index is 0.199. The van der Waals surface area contributed by atoms with Crippen molar-refractivity contribution >= 4 is 34.5 Å². The Hall–Kier alpha value is -2.86. The van der Waals surface area contributed by atoms with E-state index in [-0.39, 0.29) is 11.8 Å². The number of amides is 2. The molecule has 0 saturated heterocycles. The molecule has 1 aromatic heterocycles. The predicted molar refractivity (Wildman–Crippen MR) is 110 cm³/mol. The molecule has 0 unspecified atom stereocenters. The van der Waals surface area contributed by atoms with Crippen LogP contribution >= 0.6 is 11.8 Å². The van der Waals surface area contributed by atoms with Gasteiger partial charge in [-0.05, 0) is 43.2 Å². The molecule has 2 amide bonds. The smallest absolute Gasteiger partial charge is 0.261 e. The standard InChI is InChI=1S/C22H20N2O3S/c1-14-13-19(23-20-15(14)9-5-10-18(20)27-2)28-12-6-11-24-21(25)16-7-3-4-8-17(16)22(24)26/h3-5,7-10,13H,6,11-12H2,1-2H3. The van der Waals surface area contributed by atoms with Crippen LogP contribution < -0.4 is 4.74 Å². The van der Waals surface area contributed by atoms with Gasteiger partial charge in [0.25, 0.3) is 11.8 Å². The van der Waals surface area contributed by atoms with E-state index in [1.54, 1.807) is 43.1 Å². The summed E-state index contributed by atoms with van der Waals surface area (Å²) in [5.74, 6) is 1.12. The number of pyridine rings is 1. The number of carbonyl (C=O) groups excluding carboxylic acids is 2. The summed E-state index contributed by atoms with van der Waals surface area (Å²) in [7, 11) is 1.65. The van der Waals surface area contributed by atoms with Gasteiger partial charge in [-0.15, -0.1) is 11.8 Å². The van der Waals surface area contributed by atoms with Gasteiger partial charge >= 0.3 is 0 Å². The first-order chi connectivity index (χ1) is 13.6. The van der Waals surface area contributed by atoms with Crippen molar-refractivity contribution in [1.29, 1.82) is 0 Å². The first-order valence-corrected chi connectivity index (χ1v) is 10.1. The quantitative estimate of drug-likeness (QED) is 0.355. The highest BCUT2D eigenvalue weighted by Gasteiger charge is 2.34. The summed E-state index contributed by atoms with van der Waals surface area (Å²) in [6.45, 7) is 2.47. The van der Waals surface area contributed by atoms with Gasteiger partial charge < -0.3 is 4.74 Å². The highest BCUT2D eigenvalue weighted by Crippen LogP contribution is 2.30. The summed E-state index contributed by atoms with van der Waals surface area (Å²) in [5, 5.41) is 1.99. The molecule has 2 heterocycles. The first-order valence-electron chi connectivity index (χ1n) is 9.12. The Labute approximate surface area is 167 Å². The van der Waals surface area contributed by atoms with E-state index in [4.69, 9.17) is 9.72 Å². The maximum absolute atomic E-state index is 12.4. The molecule has 3 aromatic rings. The van der Waals surface area contributed by atoms with Gasteiger partial charge in [0.2, 0.25) is 0 Å². The van der Waals surface area contributed by atoms with E-state index in [2.05, 4.69) is 13.0 Å². The summed E-state index contributed by atoms with van der Waals surface area (Å²) >= 11 is 1.62. The molecule has 0 radical (unpaired) electrons. The number of aromatic nitrogens is 1. The zero-order valence-corrected chi connectivity index (χ0v) is 16.6. The molecule has 0 atom stereocenters. The van der Waals surface area contributed by atoms with Gasteiger partial charge in [-0.2, -0.15) is 0 Å². The van der Waals surface area contributed by atoms with Crippen molar-refractivity contribution in [3.63, 3.8) is 0 Å². The average molecular weight is 392 g/mol. The number of methoxy groups -OCH3 is 1. The van der Waals surface area contributed by atoms with Crippen LogP contribution in [0.4, 0.5) is 0 Å². The van der Waals surface area contributed by atoms with E-state index in [1.807, 2.05) is 18.2 Å². The Bertz CT molecular complexity index is 1050. The fourth-order valence-corrected chi connectivity index (χ4v) is 4.34. The number of hydrogen-bond acceptors (Lipinski definition) is 5. The lowest BCUT2D eigenvalue weighted by Crippen LogP contribution is -2.30. The average Bonchev–Trinajstić information content (AvgIpc) is 2.96. The molecule has 0 saturated carbocycles. The Morgan fingerprint density at radius 1 is 1.04 bits per heavy atom. The van der Waals surface area contributed by atoms with E-state index >= 15 is 0 Å². The zero-order valence-electron chi connectivity index (χ0n) is 15.8. The van der Waals surface area contributed by atoms with Crippen molar-refractivity contribution < 1.29 is 14.3 Å². The van der Waals surface area contributed by atoms with Crippen LogP contribution in [-0.4, -0.2) is 41.1 Å².